The van der Waals surface area contributed by atoms with E-state index in [9.17, 15) is 24.3 Å². The Morgan fingerprint density at radius 2 is 1.65 bits per heavy atom. The van der Waals surface area contributed by atoms with Gasteiger partial charge in [-0.15, -0.1) is 0 Å². The number of hydrogen-bond acceptors (Lipinski definition) is 10. The van der Waals surface area contributed by atoms with Crippen molar-refractivity contribution in [3.05, 3.63) is 42.1 Å². The van der Waals surface area contributed by atoms with Gasteiger partial charge in [0.1, 0.15) is 17.6 Å². The highest BCUT2D eigenvalue weighted by atomic mass is 16.6. The fourth-order valence-electron chi connectivity index (χ4n) is 4.52. The number of aliphatic carboxylic acids is 1. The number of carboxylic acid groups (broad SMARTS) is 2. The molecule has 0 radical (unpaired) electrons. The molecule has 0 spiro atoms. The molecule has 2 saturated heterocycles. The highest BCUT2D eigenvalue weighted by Gasteiger charge is 2.31. The third-order valence-electron chi connectivity index (χ3n) is 6.68. The van der Waals surface area contributed by atoms with Gasteiger partial charge in [0.25, 0.3) is 12.4 Å². The van der Waals surface area contributed by atoms with E-state index in [4.69, 9.17) is 19.4 Å². The molecule has 2 aliphatic rings. The maximum absolute atomic E-state index is 13.5. The van der Waals surface area contributed by atoms with E-state index in [2.05, 4.69) is 15.3 Å². The lowest BCUT2D eigenvalue weighted by Crippen LogP contribution is -2.56. The molecule has 1 atom stereocenters. The predicted molar refractivity (Wildman–Crippen MR) is 152 cm³/mol. The third kappa shape index (κ3) is 9.63. The number of piperazine rings is 1. The van der Waals surface area contributed by atoms with Crippen LogP contribution in [0.3, 0.4) is 0 Å². The number of carbonyl (C=O) groups is 5. The number of aromatic nitrogens is 2. The maximum Gasteiger partial charge on any atom is 0.409 e. The lowest BCUT2D eigenvalue weighted by Gasteiger charge is -2.36. The van der Waals surface area contributed by atoms with Gasteiger partial charge in [0.2, 0.25) is 5.91 Å². The van der Waals surface area contributed by atoms with Gasteiger partial charge in [0.15, 0.2) is 5.82 Å². The van der Waals surface area contributed by atoms with Gasteiger partial charge >= 0.3 is 12.1 Å². The number of carbonyl (C=O) groups excluding carboxylic acids is 3. The summed E-state index contributed by atoms with van der Waals surface area (Å²) in [6, 6.07) is 9.74. The summed E-state index contributed by atoms with van der Waals surface area (Å²) in [7, 11) is 0. The normalized spacial score (nSPS) is 15.4. The van der Waals surface area contributed by atoms with Crippen molar-refractivity contribution in [3.63, 3.8) is 0 Å². The second-order valence-electron chi connectivity index (χ2n) is 9.48. The molecule has 0 aliphatic carbocycles. The average Bonchev–Trinajstić information content (AvgIpc) is 3.03. The van der Waals surface area contributed by atoms with Crippen LogP contribution in [0.15, 0.2) is 36.4 Å². The van der Waals surface area contributed by atoms with Crippen LogP contribution in [-0.2, 0) is 23.9 Å². The van der Waals surface area contributed by atoms with E-state index >= 15 is 0 Å². The Bertz CT molecular complexity index is 1250. The summed E-state index contributed by atoms with van der Waals surface area (Å²) < 4.78 is 10.5. The van der Waals surface area contributed by atoms with Crippen molar-refractivity contribution >= 4 is 36.2 Å². The van der Waals surface area contributed by atoms with Gasteiger partial charge in [-0.2, -0.15) is 0 Å². The maximum atomic E-state index is 13.5. The molecule has 1 aromatic heterocycles. The highest BCUT2D eigenvalue weighted by molar-refractivity contribution is 5.97. The fourth-order valence-corrected chi connectivity index (χ4v) is 4.52. The molecule has 2 fully saturated rings. The predicted octanol–water partition coefficient (Wildman–Crippen LogP) is 0.945. The van der Waals surface area contributed by atoms with E-state index in [1.807, 2.05) is 35.2 Å². The van der Waals surface area contributed by atoms with Crippen LogP contribution in [0.4, 0.5) is 10.6 Å². The number of amides is 3. The van der Waals surface area contributed by atoms with Crippen LogP contribution in [0, 0.1) is 0 Å². The number of anilines is 1. The van der Waals surface area contributed by atoms with E-state index in [1.54, 1.807) is 13.0 Å². The summed E-state index contributed by atoms with van der Waals surface area (Å²) in [5.41, 5.74) is 0.792. The molecule has 0 saturated carbocycles. The van der Waals surface area contributed by atoms with Crippen LogP contribution in [0.25, 0.3) is 11.4 Å². The van der Waals surface area contributed by atoms with Crippen molar-refractivity contribution in [2.75, 3.05) is 64.0 Å². The van der Waals surface area contributed by atoms with Crippen LogP contribution in [0.5, 0.6) is 0 Å². The Labute approximate surface area is 248 Å². The van der Waals surface area contributed by atoms with Crippen LogP contribution < -0.4 is 10.2 Å². The molecular weight excluding hydrogens is 564 g/mol. The zero-order valence-corrected chi connectivity index (χ0v) is 23.9. The Kier molecular flexibility index (Phi) is 12.6. The van der Waals surface area contributed by atoms with Gasteiger partial charge in [-0.05, 0) is 13.3 Å². The Morgan fingerprint density at radius 1 is 1.02 bits per heavy atom. The molecule has 232 valence electrons. The first-order chi connectivity index (χ1) is 20.8. The monoisotopic (exact) mass is 600 g/mol. The van der Waals surface area contributed by atoms with Crippen molar-refractivity contribution in [3.8, 4) is 11.4 Å². The van der Waals surface area contributed by atoms with Gasteiger partial charge in [-0.3, -0.25) is 19.2 Å². The average molecular weight is 601 g/mol. The number of benzene rings is 1. The Hall–Kier alpha value is -4.79. The lowest BCUT2D eigenvalue weighted by molar-refractivity contribution is -0.138. The fraction of sp³-hybridized carbons (Fsp3) is 0.464. The molecule has 15 nitrogen and oxygen atoms in total. The second kappa shape index (κ2) is 16.6. The topological polar surface area (TPSA) is 192 Å². The molecular formula is C28H36N6O9. The highest BCUT2D eigenvalue weighted by Crippen LogP contribution is 2.21. The van der Waals surface area contributed by atoms with Gasteiger partial charge in [0.05, 0.1) is 19.8 Å². The van der Waals surface area contributed by atoms with Crippen molar-refractivity contribution < 1.29 is 43.7 Å². The summed E-state index contributed by atoms with van der Waals surface area (Å²) >= 11 is 0. The molecule has 3 amide bonds. The second-order valence-corrected chi connectivity index (χ2v) is 9.48. The number of rotatable bonds is 9. The first-order valence-electron chi connectivity index (χ1n) is 13.9. The summed E-state index contributed by atoms with van der Waals surface area (Å²) in [5.74, 6) is -1.18. The summed E-state index contributed by atoms with van der Waals surface area (Å²) in [4.78, 5) is 72.8. The summed E-state index contributed by atoms with van der Waals surface area (Å²) in [5, 5.41) is 18.9. The number of nitrogens with zero attached hydrogens (tertiary/aromatic N) is 5. The quantitative estimate of drug-likeness (QED) is 0.346. The van der Waals surface area contributed by atoms with Gasteiger partial charge in [0, 0.05) is 57.3 Å². The minimum absolute atomic E-state index is 0.0654. The Morgan fingerprint density at radius 3 is 2.26 bits per heavy atom. The van der Waals surface area contributed by atoms with Gasteiger partial charge < -0.3 is 39.7 Å². The SMILES string of the molecule is CCOC(=O)N1CCN(C(=O)[C@H](CCC(=O)O)NC(=O)c2cc(N3CCOCC3)nc(-c3ccccc3)n2)CC1.O=CO. The first-order valence-corrected chi connectivity index (χ1v) is 13.9. The van der Waals surface area contributed by atoms with E-state index in [0.29, 0.717) is 37.9 Å². The van der Waals surface area contributed by atoms with Crippen LogP contribution in [0.2, 0.25) is 0 Å². The van der Waals surface area contributed by atoms with Crippen LogP contribution in [-0.4, -0.2) is 125 Å². The van der Waals surface area contributed by atoms with Crippen molar-refractivity contribution in [2.24, 2.45) is 0 Å². The molecule has 43 heavy (non-hydrogen) atoms. The Balaban J connectivity index is 0.00000162. The molecule has 4 rings (SSSR count). The van der Waals surface area contributed by atoms with Crippen LogP contribution >= 0.6 is 0 Å². The van der Waals surface area contributed by atoms with E-state index in [-0.39, 0.29) is 57.8 Å². The van der Waals surface area contributed by atoms with Crippen LogP contribution in [0.1, 0.15) is 30.3 Å². The minimum Gasteiger partial charge on any atom is -0.483 e. The van der Waals surface area contributed by atoms with Crippen molar-refractivity contribution in [2.45, 2.75) is 25.8 Å². The molecule has 0 unspecified atom stereocenters. The minimum atomic E-state index is -1.08. The number of morpholine rings is 1. The van der Waals surface area contributed by atoms with E-state index in [1.165, 1.54) is 9.80 Å². The molecule has 2 aromatic rings. The van der Waals surface area contributed by atoms with Crippen molar-refractivity contribution in [1.82, 2.24) is 25.1 Å². The molecule has 3 N–H and O–H groups in total. The molecule has 3 heterocycles. The zero-order chi connectivity index (χ0) is 31.2. The van der Waals surface area contributed by atoms with Gasteiger partial charge in [-0.25, -0.2) is 14.8 Å². The first kappa shape index (κ1) is 32.7. The van der Waals surface area contributed by atoms with E-state index < -0.39 is 29.9 Å². The number of nitrogens with one attached hydrogen (secondary N) is 1. The standard InChI is InChI=1S/C27H34N6O7.CH2O2/c1-2-40-27(38)33-12-10-32(11-13-33)26(37)20(8-9-23(34)35)29-25(36)21-18-22(31-14-16-39-17-15-31)30-24(28-21)19-6-4-3-5-7-19;2-1-3/h3-7,18,20H,2,8-17H2,1H3,(H,29,36)(H,34,35);1H,(H,2,3)/t20-;/m0./s1. The number of carboxylic acids is 1. The summed E-state index contributed by atoms with van der Waals surface area (Å²) in [6.07, 6.45) is -0.845. The largest absolute Gasteiger partial charge is 0.483 e. The third-order valence-corrected chi connectivity index (χ3v) is 6.68. The van der Waals surface area contributed by atoms with Gasteiger partial charge in [-0.1, -0.05) is 30.3 Å². The number of hydrogen-bond donors (Lipinski definition) is 3. The van der Waals surface area contributed by atoms with E-state index in [0.717, 1.165) is 5.56 Å². The molecule has 0 bridgehead atoms. The smallest absolute Gasteiger partial charge is 0.409 e. The lowest BCUT2D eigenvalue weighted by atomic mass is 10.1. The molecule has 2 aliphatic heterocycles. The molecule has 15 heteroatoms. The molecule has 1 aromatic carbocycles. The summed E-state index contributed by atoms with van der Waals surface area (Å²) in [6.45, 7) is 5.02. The zero-order valence-electron chi connectivity index (χ0n) is 23.9. The number of ether oxygens (including phenoxy) is 2. The van der Waals surface area contributed by atoms with Crippen molar-refractivity contribution in [1.29, 1.82) is 0 Å².